The minimum atomic E-state index is -5.01. The largest absolute Gasteiger partial charge is 0.444 e. The van der Waals surface area contributed by atoms with Gasteiger partial charge in [-0.3, -0.25) is 9.88 Å². The van der Waals surface area contributed by atoms with E-state index in [1.165, 1.54) is 0 Å². The number of hydrogen-bond donors (Lipinski definition) is 0. The number of alkyl halides is 6. The standard InChI is InChI=1S/C30H36F6N2O2/c1-7-9-11-13-26-23(16-22(12-10-8-2)20(3)37-26)19-38(27(39)40-28(4,5)6)18-21-14-24(29(31,32)33)17-25(15-21)30(34,35)36/h8,10,12,14-17H,2,7,9,11,13,18-19H2,1,3-6H3/b12-10-. The van der Waals surface area contributed by atoms with Gasteiger partial charge in [-0.25, -0.2) is 4.79 Å². The number of aromatic nitrogens is 1. The highest BCUT2D eigenvalue weighted by Gasteiger charge is 2.37. The lowest BCUT2D eigenvalue weighted by Crippen LogP contribution is -2.36. The Bertz CT molecular complexity index is 1180. The summed E-state index contributed by atoms with van der Waals surface area (Å²) in [5.41, 5.74) is -1.36. The number of rotatable bonds is 10. The maximum absolute atomic E-state index is 13.5. The number of amides is 1. The molecule has 1 heterocycles. The molecule has 0 aliphatic carbocycles. The summed E-state index contributed by atoms with van der Waals surface area (Å²) in [5, 5.41) is 0. The zero-order chi connectivity index (χ0) is 30.3. The Morgan fingerprint density at radius 2 is 1.57 bits per heavy atom. The van der Waals surface area contributed by atoms with Gasteiger partial charge in [-0.15, -0.1) is 0 Å². The van der Waals surface area contributed by atoms with Crippen molar-refractivity contribution in [2.24, 2.45) is 0 Å². The first-order valence-corrected chi connectivity index (χ1v) is 13.0. The molecule has 1 amide bonds. The molecule has 0 fully saturated rings. The normalized spacial score (nSPS) is 12.6. The molecule has 10 heteroatoms. The molecule has 0 aliphatic heterocycles. The molecule has 0 saturated heterocycles. The number of pyridine rings is 1. The highest BCUT2D eigenvalue weighted by atomic mass is 19.4. The van der Waals surface area contributed by atoms with Gasteiger partial charge < -0.3 is 4.74 Å². The van der Waals surface area contributed by atoms with Crippen LogP contribution in [0, 0.1) is 6.92 Å². The van der Waals surface area contributed by atoms with Crippen LogP contribution in [0.25, 0.3) is 6.08 Å². The third-order valence-electron chi connectivity index (χ3n) is 5.88. The van der Waals surface area contributed by atoms with E-state index in [1.54, 1.807) is 39.0 Å². The zero-order valence-electron chi connectivity index (χ0n) is 23.5. The van der Waals surface area contributed by atoms with E-state index in [2.05, 4.69) is 13.5 Å². The van der Waals surface area contributed by atoms with Gasteiger partial charge in [-0.2, -0.15) is 26.3 Å². The van der Waals surface area contributed by atoms with E-state index in [-0.39, 0.29) is 18.2 Å². The number of aryl methyl sites for hydroxylation is 2. The van der Waals surface area contributed by atoms with E-state index < -0.39 is 41.7 Å². The van der Waals surface area contributed by atoms with Crippen LogP contribution in [-0.4, -0.2) is 21.6 Å². The molecule has 0 radical (unpaired) electrons. The number of ether oxygens (including phenoxy) is 1. The average Bonchev–Trinajstić information content (AvgIpc) is 2.82. The molecule has 220 valence electrons. The van der Waals surface area contributed by atoms with Gasteiger partial charge in [-0.1, -0.05) is 44.6 Å². The monoisotopic (exact) mass is 570 g/mol. The van der Waals surface area contributed by atoms with Crippen molar-refractivity contribution in [1.29, 1.82) is 0 Å². The van der Waals surface area contributed by atoms with Crippen molar-refractivity contribution >= 4 is 12.2 Å². The number of nitrogens with zero attached hydrogens (tertiary/aromatic N) is 2. The van der Waals surface area contributed by atoms with E-state index in [0.29, 0.717) is 29.8 Å². The fourth-order valence-corrected chi connectivity index (χ4v) is 4.00. The highest BCUT2D eigenvalue weighted by Crippen LogP contribution is 2.37. The minimum absolute atomic E-state index is 0.0647. The minimum Gasteiger partial charge on any atom is -0.444 e. The van der Waals surface area contributed by atoms with Gasteiger partial charge in [0.25, 0.3) is 0 Å². The summed E-state index contributed by atoms with van der Waals surface area (Å²) in [4.78, 5) is 19.1. The first-order chi connectivity index (χ1) is 18.4. The summed E-state index contributed by atoms with van der Waals surface area (Å²) in [6.45, 7) is 11.7. The van der Waals surface area contributed by atoms with Gasteiger partial charge in [0.2, 0.25) is 0 Å². The zero-order valence-corrected chi connectivity index (χ0v) is 23.5. The molecule has 4 nitrogen and oxygen atoms in total. The quantitative estimate of drug-likeness (QED) is 0.162. The summed E-state index contributed by atoms with van der Waals surface area (Å²) < 4.78 is 86.4. The Balaban J connectivity index is 2.63. The molecule has 2 rings (SSSR count). The first kappa shape index (κ1) is 32.9. The Labute approximate surface area is 231 Å². The van der Waals surface area contributed by atoms with Crippen LogP contribution in [0.1, 0.15) is 86.2 Å². The summed E-state index contributed by atoms with van der Waals surface area (Å²) in [6, 6.07) is 3.14. The average molecular weight is 571 g/mol. The molecular formula is C30H36F6N2O2. The van der Waals surface area contributed by atoms with Crippen molar-refractivity contribution in [2.75, 3.05) is 0 Å². The van der Waals surface area contributed by atoms with E-state index >= 15 is 0 Å². The van der Waals surface area contributed by atoms with E-state index in [1.807, 2.05) is 13.0 Å². The molecule has 0 bridgehead atoms. The molecule has 0 unspecified atom stereocenters. The molecule has 40 heavy (non-hydrogen) atoms. The van der Waals surface area contributed by atoms with Crippen LogP contribution in [0.2, 0.25) is 0 Å². The van der Waals surface area contributed by atoms with Crippen molar-refractivity contribution in [3.8, 4) is 0 Å². The van der Waals surface area contributed by atoms with Crippen molar-refractivity contribution in [2.45, 2.75) is 91.3 Å². The van der Waals surface area contributed by atoms with Crippen LogP contribution in [0.4, 0.5) is 31.1 Å². The highest BCUT2D eigenvalue weighted by molar-refractivity contribution is 5.68. The summed E-state index contributed by atoms with van der Waals surface area (Å²) in [6.07, 6.45) is -2.46. The molecule has 1 aromatic carbocycles. The van der Waals surface area contributed by atoms with Crippen LogP contribution in [0.3, 0.4) is 0 Å². The van der Waals surface area contributed by atoms with Crippen LogP contribution < -0.4 is 0 Å². The lowest BCUT2D eigenvalue weighted by atomic mass is 10.0. The van der Waals surface area contributed by atoms with Gasteiger partial charge in [-0.05, 0) is 81.5 Å². The maximum atomic E-state index is 13.5. The van der Waals surface area contributed by atoms with Crippen molar-refractivity contribution in [1.82, 2.24) is 9.88 Å². The summed E-state index contributed by atoms with van der Waals surface area (Å²) in [7, 11) is 0. The Kier molecular flexibility index (Phi) is 11.0. The predicted octanol–water partition coefficient (Wildman–Crippen LogP) is 9.30. The second kappa shape index (κ2) is 13.4. The van der Waals surface area contributed by atoms with Gasteiger partial charge in [0.1, 0.15) is 5.60 Å². The Morgan fingerprint density at radius 1 is 0.975 bits per heavy atom. The fraction of sp³-hybridized carbons (Fsp3) is 0.467. The van der Waals surface area contributed by atoms with Crippen molar-refractivity contribution in [3.63, 3.8) is 0 Å². The van der Waals surface area contributed by atoms with E-state index in [4.69, 9.17) is 9.72 Å². The smallest absolute Gasteiger partial charge is 0.416 e. The molecule has 0 atom stereocenters. The molecule has 1 aromatic heterocycles. The number of unbranched alkanes of at least 4 members (excludes halogenated alkanes) is 2. The van der Waals surface area contributed by atoms with Gasteiger partial charge >= 0.3 is 18.4 Å². The Hall–Kier alpha value is -3.30. The van der Waals surface area contributed by atoms with Crippen molar-refractivity contribution in [3.05, 3.63) is 82.2 Å². The number of hydrogen-bond acceptors (Lipinski definition) is 3. The predicted molar refractivity (Wildman–Crippen MR) is 143 cm³/mol. The number of carbonyl (C=O) groups is 1. The second-order valence-electron chi connectivity index (χ2n) is 10.6. The SMILES string of the molecule is C=C/C=C\c1cc(CN(Cc2cc(C(F)(F)F)cc(C(F)(F)F)c2)C(=O)OC(C)(C)C)c(CCCCC)nc1C. The summed E-state index contributed by atoms with van der Waals surface area (Å²) in [5.74, 6) is 0. The third-order valence-corrected chi connectivity index (χ3v) is 5.88. The van der Waals surface area contributed by atoms with Crippen molar-refractivity contribution < 1.29 is 35.9 Å². The fourth-order valence-electron chi connectivity index (χ4n) is 4.00. The molecule has 0 aliphatic rings. The molecule has 2 aromatic rings. The number of allylic oxidation sites excluding steroid dienone is 2. The topological polar surface area (TPSA) is 42.4 Å². The molecule has 0 spiro atoms. The van der Waals surface area contributed by atoms with Gasteiger partial charge in [0.15, 0.2) is 0 Å². The lowest BCUT2D eigenvalue weighted by molar-refractivity contribution is -0.143. The Morgan fingerprint density at radius 3 is 2.08 bits per heavy atom. The van der Waals surface area contributed by atoms with Crippen LogP contribution >= 0.6 is 0 Å². The van der Waals surface area contributed by atoms with Gasteiger partial charge in [0, 0.05) is 17.9 Å². The first-order valence-electron chi connectivity index (χ1n) is 13.0. The second-order valence-corrected chi connectivity index (χ2v) is 10.6. The number of carbonyl (C=O) groups excluding carboxylic acids is 1. The third kappa shape index (κ3) is 10.0. The van der Waals surface area contributed by atoms with Gasteiger partial charge in [0.05, 0.1) is 17.7 Å². The van der Waals surface area contributed by atoms with E-state index in [9.17, 15) is 31.1 Å². The summed E-state index contributed by atoms with van der Waals surface area (Å²) >= 11 is 0. The molecule has 0 saturated carbocycles. The molecule has 0 N–H and O–H groups in total. The van der Waals surface area contributed by atoms with E-state index in [0.717, 1.165) is 35.4 Å². The molecular weight excluding hydrogens is 534 g/mol. The maximum Gasteiger partial charge on any atom is 0.416 e. The van der Waals surface area contributed by atoms with Crippen LogP contribution in [0.15, 0.2) is 43.0 Å². The number of benzene rings is 1. The van der Waals surface area contributed by atoms with Crippen LogP contribution in [-0.2, 0) is 36.6 Å². The number of halogens is 6. The lowest BCUT2D eigenvalue weighted by Gasteiger charge is -2.29. The van der Waals surface area contributed by atoms with Crippen LogP contribution in [0.5, 0.6) is 0 Å².